The maximum atomic E-state index is 10.4. The molecule has 3 atom stereocenters. The number of aliphatic carboxylic acids is 1. The van der Waals surface area contributed by atoms with Crippen LogP contribution in [0.5, 0.6) is 0 Å². The molecule has 1 aliphatic heterocycles. The Bertz CT molecular complexity index is 323. The Morgan fingerprint density at radius 1 is 1.08 bits per heavy atom. The topological polar surface area (TPSA) is 85.2 Å². The molecule has 2 N–H and O–H groups in total. The number of hydrogen-bond acceptors (Lipinski definition) is 5. The van der Waals surface area contributed by atoms with Gasteiger partial charge in [0.2, 0.25) is 0 Å². The number of carboxylic acid groups (broad SMARTS) is 1. The first-order chi connectivity index (χ1) is 11.7. The van der Waals surface area contributed by atoms with Gasteiger partial charge in [0.25, 0.3) is 0 Å². The lowest BCUT2D eigenvalue weighted by atomic mass is 9.98. The van der Waals surface area contributed by atoms with Crippen molar-refractivity contribution in [1.29, 1.82) is 0 Å². The first-order valence-corrected chi connectivity index (χ1v) is 9.51. The van der Waals surface area contributed by atoms with Crippen LogP contribution in [0.3, 0.4) is 0 Å². The van der Waals surface area contributed by atoms with Crippen molar-refractivity contribution in [3.8, 4) is 0 Å². The van der Waals surface area contributed by atoms with Crippen molar-refractivity contribution in [2.75, 3.05) is 0 Å². The van der Waals surface area contributed by atoms with Crippen molar-refractivity contribution in [2.45, 2.75) is 109 Å². The Hall–Kier alpha value is -0.690. The Morgan fingerprint density at radius 3 is 2.50 bits per heavy atom. The van der Waals surface area contributed by atoms with Gasteiger partial charge in [-0.2, -0.15) is 0 Å². The molecule has 0 aromatic heterocycles. The second-order valence-electron chi connectivity index (χ2n) is 6.78. The zero-order chi connectivity index (χ0) is 17.6. The van der Waals surface area contributed by atoms with Gasteiger partial charge >= 0.3 is 5.97 Å². The molecule has 24 heavy (non-hydrogen) atoms. The molecule has 1 rings (SSSR count). The van der Waals surface area contributed by atoms with Crippen LogP contribution in [0.15, 0.2) is 0 Å². The molecule has 0 spiro atoms. The average molecular weight is 346 g/mol. The van der Waals surface area contributed by atoms with Gasteiger partial charge in [-0.05, 0) is 19.3 Å². The molecule has 1 aliphatic rings. The monoisotopic (exact) mass is 346 g/mol. The highest BCUT2D eigenvalue weighted by Crippen LogP contribution is 2.27. The van der Waals surface area contributed by atoms with Crippen molar-refractivity contribution in [3.63, 3.8) is 0 Å². The van der Waals surface area contributed by atoms with Crippen LogP contribution in [0.2, 0.25) is 0 Å². The van der Waals surface area contributed by atoms with Gasteiger partial charge in [-0.25, -0.2) is 14.7 Å². The summed E-state index contributed by atoms with van der Waals surface area (Å²) in [7, 11) is 0. The van der Waals surface area contributed by atoms with Crippen LogP contribution in [0.25, 0.3) is 0 Å². The van der Waals surface area contributed by atoms with Crippen LogP contribution in [-0.4, -0.2) is 34.6 Å². The van der Waals surface area contributed by atoms with Crippen molar-refractivity contribution >= 4 is 5.97 Å². The van der Waals surface area contributed by atoms with Gasteiger partial charge in [-0.1, -0.05) is 58.3 Å². The minimum Gasteiger partial charge on any atom is -0.481 e. The van der Waals surface area contributed by atoms with E-state index in [1.54, 1.807) is 0 Å². The summed E-state index contributed by atoms with van der Waals surface area (Å²) in [5.41, 5.74) is 0. The summed E-state index contributed by atoms with van der Waals surface area (Å²) >= 11 is 0. The number of rotatable bonds is 15. The molecular weight excluding hydrogens is 312 g/mol. The second-order valence-corrected chi connectivity index (χ2v) is 6.78. The Balaban J connectivity index is 2.08. The van der Waals surface area contributed by atoms with Gasteiger partial charge in [-0.3, -0.25) is 10.1 Å². The fraction of sp³-hybridized carbons (Fsp3) is 0.944. The summed E-state index contributed by atoms with van der Waals surface area (Å²) in [5.74, 6) is -0.730. The van der Waals surface area contributed by atoms with E-state index in [9.17, 15) is 4.79 Å². The fourth-order valence-electron chi connectivity index (χ4n) is 3.12. The molecule has 0 radical (unpaired) electrons. The van der Waals surface area contributed by atoms with E-state index >= 15 is 0 Å². The lowest BCUT2D eigenvalue weighted by Crippen LogP contribution is -2.28. The largest absolute Gasteiger partial charge is 0.481 e. The number of carbonyl (C=O) groups is 1. The molecule has 1 heterocycles. The van der Waals surface area contributed by atoms with Gasteiger partial charge in [0.05, 0.1) is 6.10 Å². The summed E-state index contributed by atoms with van der Waals surface area (Å²) in [6, 6.07) is 0. The van der Waals surface area contributed by atoms with Crippen molar-refractivity contribution < 1.29 is 29.8 Å². The Labute approximate surface area is 145 Å². The maximum absolute atomic E-state index is 10.4. The van der Waals surface area contributed by atoms with E-state index in [0.717, 1.165) is 57.8 Å². The van der Waals surface area contributed by atoms with E-state index in [4.69, 9.17) is 20.1 Å². The first-order valence-electron chi connectivity index (χ1n) is 9.51. The zero-order valence-corrected chi connectivity index (χ0v) is 15.0. The summed E-state index contributed by atoms with van der Waals surface area (Å²) in [6.07, 6.45) is 11.8. The molecule has 3 unspecified atom stereocenters. The van der Waals surface area contributed by atoms with Gasteiger partial charge in [0.1, 0.15) is 12.2 Å². The van der Waals surface area contributed by atoms with E-state index in [0.29, 0.717) is 0 Å². The SMILES string of the molecule is CCCCCCC1CC(C(CCCCCCCC(=O)O)OO)OO1. The standard InChI is InChI=1S/C18H34O6/c1-2-3-4-8-11-15-14-17(24-23-15)16(22-21)12-9-6-5-7-10-13-18(19)20/h15-17,21H,2-14H2,1H3,(H,19,20). The number of carboxylic acids is 1. The number of hydrogen-bond donors (Lipinski definition) is 2. The fourth-order valence-corrected chi connectivity index (χ4v) is 3.12. The predicted octanol–water partition coefficient (Wildman–Crippen LogP) is 4.72. The van der Waals surface area contributed by atoms with Crippen molar-refractivity contribution in [2.24, 2.45) is 0 Å². The Morgan fingerprint density at radius 2 is 1.79 bits per heavy atom. The quantitative estimate of drug-likeness (QED) is 0.253. The van der Waals surface area contributed by atoms with Crippen LogP contribution in [0, 0.1) is 0 Å². The zero-order valence-electron chi connectivity index (χ0n) is 15.0. The molecule has 1 fully saturated rings. The summed E-state index contributed by atoms with van der Waals surface area (Å²) < 4.78 is 0. The summed E-state index contributed by atoms with van der Waals surface area (Å²) in [5, 5.41) is 17.7. The third-order valence-electron chi connectivity index (χ3n) is 4.62. The molecule has 142 valence electrons. The van der Waals surface area contributed by atoms with Crippen LogP contribution >= 0.6 is 0 Å². The molecule has 1 saturated heterocycles. The minimum atomic E-state index is -0.730. The van der Waals surface area contributed by atoms with Crippen LogP contribution < -0.4 is 0 Å². The Kier molecular flexibility index (Phi) is 12.1. The van der Waals surface area contributed by atoms with Crippen LogP contribution in [-0.2, 0) is 19.5 Å². The van der Waals surface area contributed by atoms with Gasteiger partial charge in [-0.15, -0.1) is 0 Å². The number of unbranched alkanes of at least 4 members (excludes halogenated alkanes) is 7. The minimum absolute atomic E-state index is 0.112. The summed E-state index contributed by atoms with van der Waals surface area (Å²) in [4.78, 5) is 25.7. The van der Waals surface area contributed by atoms with E-state index in [1.165, 1.54) is 19.3 Å². The van der Waals surface area contributed by atoms with E-state index < -0.39 is 5.97 Å². The second kappa shape index (κ2) is 13.6. The van der Waals surface area contributed by atoms with Crippen molar-refractivity contribution in [3.05, 3.63) is 0 Å². The van der Waals surface area contributed by atoms with Gasteiger partial charge < -0.3 is 5.11 Å². The smallest absolute Gasteiger partial charge is 0.303 e. The molecule has 0 amide bonds. The van der Waals surface area contributed by atoms with E-state index in [2.05, 4.69) is 11.8 Å². The third kappa shape index (κ3) is 9.57. The molecule has 0 bridgehead atoms. The highest BCUT2D eigenvalue weighted by molar-refractivity contribution is 5.66. The lowest BCUT2D eigenvalue weighted by molar-refractivity contribution is -0.352. The highest BCUT2D eigenvalue weighted by Gasteiger charge is 2.34. The first kappa shape index (κ1) is 21.4. The molecule has 0 saturated carbocycles. The molecule has 6 nitrogen and oxygen atoms in total. The molecular formula is C18H34O6. The normalized spacial score (nSPS) is 21.9. The molecule has 6 heteroatoms. The molecule has 0 aromatic rings. The molecule has 0 aliphatic carbocycles. The van der Waals surface area contributed by atoms with Crippen LogP contribution in [0.1, 0.15) is 90.4 Å². The van der Waals surface area contributed by atoms with Crippen molar-refractivity contribution in [1.82, 2.24) is 0 Å². The molecule has 0 aromatic carbocycles. The van der Waals surface area contributed by atoms with Gasteiger partial charge in [0.15, 0.2) is 0 Å². The third-order valence-corrected chi connectivity index (χ3v) is 4.62. The lowest BCUT2D eigenvalue weighted by Gasteiger charge is -2.17. The average Bonchev–Trinajstić information content (AvgIpc) is 3.02. The predicted molar refractivity (Wildman–Crippen MR) is 90.6 cm³/mol. The van der Waals surface area contributed by atoms with Crippen LogP contribution in [0.4, 0.5) is 0 Å². The van der Waals surface area contributed by atoms with E-state index in [1.807, 2.05) is 0 Å². The maximum Gasteiger partial charge on any atom is 0.303 e. The highest BCUT2D eigenvalue weighted by atomic mass is 17.2. The van der Waals surface area contributed by atoms with Gasteiger partial charge in [0, 0.05) is 12.8 Å². The van der Waals surface area contributed by atoms with E-state index in [-0.39, 0.29) is 24.7 Å². The summed E-state index contributed by atoms with van der Waals surface area (Å²) in [6.45, 7) is 2.19.